The Labute approximate surface area is 179 Å². The first-order valence-electron chi connectivity index (χ1n) is 8.99. The van der Waals surface area contributed by atoms with Crippen LogP contribution in [-0.2, 0) is 16.1 Å². The van der Waals surface area contributed by atoms with Crippen LogP contribution in [-0.4, -0.2) is 50.6 Å². The fraction of sp³-hybridized carbons (Fsp3) is 0.333. The third-order valence-electron chi connectivity index (χ3n) is 4.37. The van der Waals surface area contributed by atoms with Crippen molar-refractivity contribution in [1.29, 1.82) is 0 Å². The van der Waals surface area contributed by atoms with Gasteiger partial charge in [0.2, 0.25) is 5.91 Å². The number of nitrogens with zero attached hydrogens (tertiary/aromatic N) is 1. The minimum atomic E-state index is -0.653. The molecule has 0 fully saturated rings. The number of ether oxygens (including phenoxy) is 3. The van der Waals surface area contributed by atoms with Crippen molar-refractivity contribution in [2.45, 2.75) is 19.5 Å². The van der Waals surface area contributed by atoms with Crippen LogP contribution in [0.1, 0.15) is 12.5 Å². The number of carbonyl (C=O) groups is 2. The van der Waals surface area contributed by atoms with Crippen molar-refractivity contribution in [3.63, 3.8) is 0 Å². The van der Waals surface area contributed by atoms with Crippen molar-refractivity contribution in [2.75, 3.05) is 27.9 Å². The van der Waals surface area contributed by atoms with E-state index in [1.54, 1.807) is 32.2 Å². The summed E-state index contributed by atoms with van der Waals surface area (Å²) in [6.07, 6.45) is 0. The molecule has 2 aromatic rings. The molecule has 0 saturated carbocycles. The summed E-state index contributed by atoms with van der Waals surface area (Å²) in [6, 6.07) is 12.0. The fourth-order valence-electron chi connectivity index (χ4n) is 2.67. The third kappa shape index (κ3) is 6.39. The summed E-state index contributed by atoms with van der Waals surface area (Å²) in [6.45, 7) is 1.74. The summed E-state index contributed by atoms with van der Waals surface area (Å²) in [7, 11) is 4.61. The lowest BCUT2D eigenvalue weighted by Crippen LogP contribution is -2.48. The molecule has 0 heterocycles. The summed E-state index contributed by atoms with van der Waals surface area (Å²) in [5.74, 6) is 0.976. The van der Waals surface area contributed by atoms with E-state index in [1.165, 1.54) is 19.1 Å². The van der Waals surface area contributed by atoms with Crippen LogP contribution in [0.4, 0.5) is 0 Å². The van der Waals surface area contributed by atoms with E-state index in [0.717, 1.165) is 10.0 Å². The van der Waals surface area contributed by atoms with Crippen molar-refractivity contribution in [3.8, 4) is 17.2 Å². The number of hydrogen-bond acceptors (Lipinski definition) is 5. The van der Waals surface area contributed by atoms with Gasteiger partial charge in [0.15, 0.2) is 6.61 Å². The predicted octanol–water partition coefficient (Wildman–Crippen LogP) is 3.01. The van der Waals surface area contributed by atoms with Crippen LogP contribution >= 0.6 is 15.9 Å². The zero-order valence-corrected chi connectivity index (χ0v) is 18.5. The standard InChI is InChI=1S/C21H25BrN2O5/c1-14(21(26)23-2)24(12-15-5-7-16(22)8-6-15)20(25)13-29-19-10-17(27-3)9-18(11-19)28-4/h5-11,14H,12-13H2,1-4H3,(H,23,26)/t14-/m1/s1. The van der Waals surface area contributed by atoms with Crippen LogP contribution in [0, 0.1) is 0 Å². The summed E-state index contributed by atoms with van der Waals surface area (Å²) < 4.78 is 17.0. The van der Waals surface area contributed by atoms with Gasteiger partial charge in [-0.25, -0.2) is 0 Å². The number of methoxy groups -OCH3 is 2. The van der Waals surface area contributed by atoms with Crippen molar-refractivity contribution in [1.82, 2.24) is 10.2 Å². The Hall–Kier alpha value is -2.74. The van der Waals surface area contributed by atoms with Gasteiger partial charge < -0.3 is 24.4 Å². The topological polar surface area (TPSA) is 77.1 Å². The Bertz CT molecular complexity index is 819. The molecular formula is C21H25BrN2O5. The Morgan fingerprint density at radius 2 is 1.59 bits per heavy atom. The third-order valence-corrected chi connectivity index (χ3v) is 4.90. The number of nitrogens with one attached hydrogen (secondary N) is 1. The second-order valence-electron chi connectivity index (χ2n) is 6.28. The lowest BCUT2D eigenvalue weighted by molar-refractivity contribution is -0.142. The number of rotatable bonds is 9. The predicted molar refractivity (Wildman–Crippen MR) is 113 cm³/mol. The van der Waals surface area contributed by atoms with Gasteiger partial charge >= 0.3 is 0 Å². The van der Waals surface area contributed by atoms with Gasteiger partial charge in [-0.05, 0) is 24.6 Å². The molecular weight excluding hydrogens is 440 g/mol. The van der Waals surface area contributed by atoms with E-state index >= 15 is 0 Å². The first-order valence-corrected chi connectivity index (χ1v) is 9.78. The molecule has 29 heavy (non-hydrogen) atoms. The Morgan fingerprint density at radius 3 is 2.10 bits per heavy atom. The van der Waals surface area contributed by atoms with E-state index < -0.39 is 6.04 Å². The van der Waals surface area contributed by atoms with Gasteiger partial charge in [0.05, 0.1) is 14.2 Å². The molecule has 0 aliphatic carbocycles. The molecule has 156 valence electrons. The number of benzene rings is 2. The molecule has 0 radical (unpaired) electrons. The van der Waals surface area contributed by atoms with Crippen LogP contribution < -0.4 is 19.5 Å². The van der Waals surface area contributed by atoms with Crippen LogP contribution in [0.5, 0.6) is 17.2 Å². The van der Waals surface area contributed by atoms with Crippen molar-refractivity contribution in [3.05, 3.63) is 52.5 Å². The highest BCUT2D eigenvalue weighted by molar-refractivity contribution is 9.10. The second kappa shape index (κ2) is 10.7. The molecule has 0 bridgehead atoms. The second-order valence-corrected chi connectivity index (χ2v) is 7.19. The van der Waals surface area contributed by atoms with Crippen molar-refractivity contribution >= 4 is 27.7 Å². The maximum Gasteiger partial charge on any atom is 0.261 e. The van der Waals surface area contributed by atoms with Gasteiger partial charge in [-0.1, -0.05) is 28.1 Å². The van der Waals surface area contributed by atoms with Crippen LogP contribution in [0.2, 0.25) is 0 Å². The molecule has 8 heteroatoms. The summed E-state index contributed by atoms with van der Waals surface area (Å²) >= 11 is 3.39. The van der Waals surface area contributed by atoms with Gasteiger partial charge in [-0.2, -0.15) is 0 Å². The lowest BCUT2D eigenvalue weighted by atomic mass is 10.1. The van der Waals surface area contributed by atoms with E-state index in [2.05, 4.69) is 21.2 Å². The molecule has 0 spiro atoms. The summed E-state index contributed by atoms with van der Waals surface area (Å²) in [5, 5.41) is 2.58. The molecule has 0 unspecified atom stereocenters. The number of halogens is 1. The normalized spacial score (nSPS) is 11.3. The van der Waals surface area contributed by atoms with Gasteiger partial charge in [0.25, 0.3) is 5.91 Å². The number of likely N-dealkylation sites (N-methyl/N-ethyl adjacent to an activating group) is 1. The number of amides is 2. The average molecular weight is 465 g/mol. The summed E-state index contributed by atoms with van der Waals surface area (Å²) in [5.41, 5.74) is 0.903. The van der Waals surface area contributed by atoms with Crippen LogP contribution in [0.3, 0.4) is 0 Å². The quantitative estimate of drug-likeness (QED) is 0.616. The SMILES string of the molecule is CNC(=O)[C@@H](C)N(Cc1ccc(Br)cc1)C(=O)COc1cc(OC)cc(OC)c1. The largest absolute Gasteiger partial charge is 0.496 e. The van der Waals surface area contributed by atoms with Crippen LogP contribution in [0.25, 0.3) is 0 Å². The van der Waals surface area contributed by atoms with E-state index in [4.69, 9.17) is 14.2 Å². The van der Waals surface area contributed by atoms with Gasteiger partial charge in [0, 0.05) is 36.3 Å². The first-order chi connectivity index (χ1) is 13.9. The number of hydrogen-bond donors (Lipinski definition) is 1. The molecule has 2 aromatic carbocycles. The molecule has 0 aliphatic rings. The smallest absolute Gasteiger partial charge is 0.261 e. The van der Waals surface area contributed by atoms with E-state index in [1.807, 2.05) is 24.3 Å². The van der Waals surface area contributed by atoms with Crippen molar-refractivity contribution in [2.24, 2.45) is 0 Å². The molecule has 1 atom stereocenters. The molecule has 0 aromatic heterocycles. The molecule has 2 rings (SSSR count). The van der Waals surface area contributed by atoms with E-state index in [-0.39, 0.29) is 25.0 Å². The van der Waals surface area contributed by atoms with E-state index in [9.17, 15) is 9.59 Å². The van der Waals surface area contributed by atoms with Crippen molar-refractivity contribution < 1.29 is 23.8 Å². The van der Waals surface area contributed by atoms with E-state index in [0.29, 0.717) is 17.2 Å². The maximum atomic E-state index is 12.9. The summed E-state index contributed by atoms with van der Waals surface area (Å²) in [4.78, 5) is 26.6. The highest BCUT2D eigenvalue weighted by Crippen LogP contribution is 2.27. The molecule has 7 nitrogen and oxygen atoms in total. The molecule has 1 N–H and O–H groups in total. The van der Waals surface area contributed by atoms with Gasteiger partial charge in [0.1, 0.15) is 23.3 Å². The highest BCUT2D eigenvalue weighted by Gasteiger charge is 2.26. The number of carbonyl (C=O) groups excluding carboxylic acids is 2. The molecule has 2 amide bonds. The lowest BCUT2D eigenvalue weighted by Gasteiger charge is -2.28. The zero-order chi connectivity index (χ0) is 21.4. The van der Waals surface area contributed by atoms with Gasteiger partial charge in [-0.15, -0.1) is 0 Å². The van der Waals surface area contributed by atoms with Gasteiger partial charge in [-0.3, -0.25) is 9.59 Å². The fourth-order valence-corrected chi connectivity index (χ4v) is 2.94. The average Bonchev–Trinajstić information content (AvgIpc) is 2.75. The highest BCUT2D eigenvalue weighted by atomic mass is 79.9. The minimum Gasteiger partial charge on any atom is -0.496 e. The first kappa shape index (κ1) is 22.5. The molecule has 0 aliphatic heterocycles. The Balaban J connectivity index is 2.16. The minimum absolute atomic E-state index is 0.228. The Kier molecular flexibility index (Phi) is 8.33. The monoisotopic (exact) mass is 464 g/mol. The molecule has 0 saturated heterocycles. The zero-order valence-electron chi connectivity index (χ0n) is 16.9. The maximum absolute atomic E-state index is 12.9. The van der Waals surface area contributed by atoms with Crippen LogP contribution in [0.15, 0.2) is 46.9 Å². The Morgan fingerprint density at radius 1 is 1.03 bits per heavy atom.